The average Bonchev–Trinajstić information content (AvgIpc) is 3.07. The number of rotatable bonds is 3. The number of nitriles is 1. The minimum Gasteiger partial charge on any atom is -0.496 e. The number of nitrogens with zero attached hydrogens (tertiary/aromatic N) is 2. The molecular weight excluding hydrogens is 331 g/mol. The maximum atomic E-state index is 13.9. The van der Waals surface area contributed by atoms with E-state index in [1.54, 1.807) is 25.4 Å². The van der Waals surface area contributed by atoms with Gasteiger partial charge in [0.25, 0.3) is 0 Å². The van der Waals surface area contributed by atoms with E-state index in [1.165, 1.54) is 12.1 Å². The number of methoxy groups -OCH3 is 1. The average molecular weight is 348 g/mol. The van der Waals surface area contributed by atoms with Crippen molar-refractivity contribution in [3.63, 3.8) is 0 Å². The summed E-state index contributed by atoms with van der Waals surface area (Å²) in [6.07, 6.45) is 4.57. The van der Waals surface area contributed by atoms with Crippen molar-refractivity contribution in [3.05, 3.63) is 53.6 Å². The van der Waals surface area contributed by atoms with Crippen molar-refractivity contribution in [2.75, 3.05) is 20.2 Å². The van der Waals surface area contributed by atoms with Gasteiger partial charge in [-0.05, 0) is 48.4 Å². The molecule has 5 nitrogen and oxygen atoms in total. The van der Waals surface area contributed by atoms with Crippen LogP contribution in [0.2, 0.25) is 0 Å². The van der Waals surface area contributed by atoms with E-state index in [0.29, 0.717) is 27.9 Å². The molecule has 1 aliphatic heterocycles. The Hall–Kier alpha value is -3.17. The molecule has 0 aliphatic carbocycles. The van der Waals surface area contributed by atoms with Crippen LogP contribution in [0, 0.1) is 17.1 Å². The SMILES string of the molecule is COc1ccc(F)cc1-c1ccnc2[nH]c(C3=CCNCC3)c(C#N)c12. The second kappa shape index (κ2) is 6.62. The molecule has 3 heterocycles. The molecule has 0 bridgehead atoms. The highest BCUT2D eigenvalue weighted by atomic mass is 19.1. The van der Waals surface area contributed by atoms with Crippen LogP contribution in [-0.2, 0) is 0 Å². The lowest BCUT2D eigenvalue weighted by molar-refractivity contribution is 0.415. The third-order valence-corrected chi connectivity index (χ3v) is 4.64. The number of ether oxygens (including phenoxy) is 1. The van der Waals surface area contributed by atoms with Gasteiger partial charge in [0, 0.05) is 23.7 Å². The monoisotopic (exact) mass is 348 g/mol. The van der Waals surface area contributed by atoms with Crippen molar-refractivity contribution in [2.24, 2.45) is 0 Å². The zero-order chi connectivity index (χ0) is 18.1. The van der Waals surface area contributed by atoms with E-state index < -0.39 is 0 Å². The van der Waals surface area contributed by atoms with Crippen LogP contribution in [0.15, 0.2) is 36.5 Å². The molecule has 6 heteroatoms. The van der Waals surface area contributed by atoms with Gasteiger partial charge in [-0.15, -0.1) is 0 Å². The number of halogens is 1. The van der Waals surface area contributed by atoms with Gasteiger partial charge in [0.15, 0.2) is 0 Å². The number of hydrogen-bond donors (Lipinski definition) is 2. The summed E-state index contributed by atoms with van der Waals surface area (Å²) in [4.78, 5) is 7.67. The molecule has 4 rings (SSSR count). The number of H-pyrrole nitrogens is 1. The molecule has 0 unspecified atom stereocenters. The summed E-state index contributed by atoms with van der Waals surface area (Å²) in [5.74, 6) is 0.188. The Balaban J connectivity index is 2.01. The minimum absolute atomic E-state index is 0.360. The summed E-state index contributed by atoms with van der Waals surface area (Å²) in [7, 11) is 1.54. The van der Waals surface area contributed by atoms with Crippen LogP contribution < -0.4 is 10.1 Å². The molecule has 2 N–H and O–H groups in total. The Kier molecular flexibility index (Phi) is 4.15. The summed E-state index contributed by atoms with van der Waals surface area (Å²) in [5, 5.41) is 13.8. The summed E-state index contributed by atoms with van der Waals surface area (Å²) < 4.78 is 19.3. The number of benzene rings is 1. The first-order valence-electron chi connectivity index (χ1n) is 8.37. The number of hydrogen-bond acceptors (Lipinski definition) is 4. The van der Waals surface area contributed by atoms with Gasteiger partial charge >= 0.3 is 0 Å². The summed E-state index contributed by atoms with van der Waals surface area (Å²) in [6, 6.07) is 8.46. The largest absolute Gasteiger partial charge is 0.496 e. The molecule has 2 aromatic heterocycles. The highest BCUT2D eigenvalue weighted by Gasteiger charge is 2.21. The fourth-order valence-corrected chi connectivity index (χ4v) is 3.43. The zero-order valence-electron chi connectivity index (χ0n) is 14.3. The topological polar surface area (TPSA) is 73.7 Å². The van der Waals surface area contributed by atoms with Gasteiger partial charge in [0.05, 0.1) is 18.4 Å². The number of aromatic amines is 1. The second-order valence-corrected chi connectivity index (χ2v) is 6.10. The van der Waals surface area contributed by atoms with Crippen molar-refractivity contribution in [1.29, 1.82) is 5.26 Å². The van der Waals surface area contributed by atoms with Crippen LogP contribution in [0.4, 0.5) is 4.39 Å². The van der Waals surface area contributed by atoms with Gasteiger partial charge in [-0.1, -0.05) is 6.08 Å². The number of aromatic nitrogens is 2. The van der Waals surface area contributed by atoms with E-state index in [4.69, 9.17) is 4.74 Å². The lowest BCUT2D eigenvalue weighted by atomic mass is 9.97. The van der Waals surface area contributed by atoms with Gasteiger partial charge in [0.2, 0.25) is 0 Å². The first kappa shape index (κ1) is 16.3. The Labute approximate surface area is 150 Å². The number of pyridine rings is 1. The van der Waals surface area contributed by atoms with Crippen LogP contribution in [0.5, 0.6) is 5.75 Å². The predicted molar refractivity (Wildman–Crippen MR) is 98.2 cm³/mol. The van der Waals surface area contributed by atoms with E-state index in [2.05, 4.69) is 27.4 Å². The molecule has 1 aromatic carbocycles. The summed E-state index contributed by atoms with van der Waals surface area (Å²) in [5.41, 5.74) is 4.35. The van der Waals surface area contributed by atoms with Crippen molar-refractivity contribution in [2.45, 2.75) is 6.42 Å². The minimum atomic E-state index is -0.360. The molecule has 130 valence electrons. The molecule has 0 saturated heterocycles. The van der Waals surface area contributed by atoms with Gasteiger partial charge in [-0.3, -0.25) is 0 Å². The van der Waals surface area contributed by atoms with Crippen molar-refractivity contribution < 1.29 is 9.13 Å². The molecule has 0 spiro atoms. The van der Waals surface area contributed by atoms with Crippen LogP contribution in [0.1, 0.15) is 17.7 Å². The van der Waals surface area contributed by atoms with Gasteiger partial charge < -0.3 is 15.0 Å². The van der Waals surface area contributed by atoms with Gasteiger partial charge in [-0.2, -0.15) is 5.26 Å². The molecule has 0 fully saturated rings. The van der Waals surface area contributed by atoms with Crippen molar-refractivity contribution in [1.82, 2.24) is 15.3 Å². The van der Waals surface area contributed by atoms with E-state index >= 15 is 0 Å². The van der Waals surface area contributed by atoms with Crippen LogP contribution in [-0.4, -0.2) is 30.2 Å². The van der Waals surface area contributed by atoms with Crippen molar-refractivity contribution in [3.8, 4) is 22.9 Å². The lowest BCUT2D eigenvalue weighted by Gasteiger charge is -2.13. The Bertz CT molecular complexity index is 1060. The van der Waals surface area contributed by atoms with Crippen LogP contribution in [0.3, 0.4) is 0 Å². The highest BCUT2D eigenvalue weighted by molar-refractivity contribution is 6.01. The van der Waals surface area contributed by atoms with Crippen molar-refractivity contribution >= 4 is 16.6 Å². The second-order valence-electron chi connectivity index (χ2n) is 6.10. The normalized spacial score (nSPS) is 14.1. The fourth-order valence-electron chi connectivity index (χ4n) is 3.43. The number of fused-ring (bicyclic) bond motifs is 1. The Morgan fingerprint density at radius 1 is 1.27 bits per heavy atom. The third kappa shape index (κ3) is 2.63. The van der Waals surface area contributed by atoms with Crippen LogP contribution >= 0.6 is 0 Å². The number of nitrogens with one attached hydrogen (secondary N) is 2. The maximum Gasteiger partial charge on any atom is 0.139 e. The molecule has 0 radical (unpaired) electrons. The third-order valence-electron chi connectivity index (χ3n) is 4.64. The molecule has 3 aromatic rings. The molecule has 1 aliphatic rings. The van der Waals surface area contributed by atoms with Gasteiger partial charge in [-0.25, -0.2) is 9.37 Å². The predicted octanol–water partition coefficient (Wildman–Crippen LogP) is 3.63. The first-order valence-corrected chi connectivity index (χ1v) is 8.37. The molecule has 0 saturated carbocycles. The Morgan fingerprint density at radius 3 is 2.88 bits per heavy atom. The fraction of sp³-hybridized carbons (Fsp3) is 0.200. The van der Waals surface area contributed by atoms with E-state index in [-0.39, 0.29) is 5.82 Å². The van der Waals surface area contributed by atoms with E-state index in [9.17, 15) is 9.65 Å². The van der Waals surface area contributed by atoms with Crippen LogP contribution in [0.25, 0.3) is 27.7 Å². The first-order chi connectivity index (χ1) is 12.7. The quantitative estimate of drug-likeness (QED) is 0.758. The lowest BCUT2D eigenvalue weighted by Crippen LogP contribution is -2.20. The van der Waals surface area contributed by atoms with E-state index in [1.807, 2.05) is 0 Å². The smallest absolute Gasteiger partial charge is 0.139 e. The standard InChI is InChI=1S/C20H17FN4O/c1-26-17-3-2-13(21)10-15(17)14-6-9-24-20-18(14)16(11-22)19(25-20)12-4-7-23-8-5-12/h2-4,6,9-10,23H,5,7-8H2,1H3,(H,24,25). The highest BCUT2D eigenvalue weighted by Crippen LogP contribution is 2.38. The molecule has 26 heavy (non-hydrogen) atoms. The molecule has 0 amide bonds. The molecular formula is C20H17FN4O. The van der Waals surface area contributed by atoms with Gasteiger partial charge in [0.1, 0.15) is 23.3 Å². The molecule has 0 atom stereocenters. The van der Waals surface area contributed by atoms with E-state index in [0.717, 1.165) is 36.3 Å². The summed E-state index contributed by atoms with van der Waals surface area (Å²) >= 11 is 0. The summed E-state index contributed by atoms with van der Waals surface area (Å²) in [6.45, 7) is 1.64. The maximum absolute atomic E-state index is 13.9. The Morgan fingerprint density at radius 2 is 2.15 bits per heavy atom. The zero-order valence-corrected chi connectivity index (χ0v) is 14.3.